The van der Waals surface area contributed by atoms with Gasteiger partial charge in [-0.15, -0.1) is 0 Å². The first-order chi connectivity index (χ1) is 15.3. The summed E-state index contributed by atoms with van der Waals surface area (Å²) in [5.41, 5.74) is 4.77. The van der Waals surface area contributed by atoms with Gasteiger partial charge in [0, 0.05) is 11.4 Å². The van der Waals surface area contributed by atoms with Gasteiger partial charge < -0.3 is 25.0 Å². The highest BCUT2D eigenvalue weighted by atomic mass is 16.5. The largest absolute Gasteiger partial charge is 0.508 e. The van der Waals surface area contributed by atoms with Crippen molar-refractivity contribution in [2.75, 3.05) is 4.90 Å². The van der Waals surface area contributed by atoms with Gasteiger partial charge in [-0.25, -0.2) is 0 Å². The molecule has 4 aromatic rings. The smallest absolute Gasteiger partial charge is 0.169 e. The Hall–Kier alpha value is -4.12. The van der Waals surface area contributed by atoms with Gasteiger partial charge in [-0.3, -0.25) is 0 Å². The van der Waals surface area contributed by atoms with E-state index in [1.54, 1.807) is 24.3 Å². The molecule has 5 nitrogen and oxygen atoms in total. The van der Waals surface area contributed by atoms with Crippen LogP contribution in [0.4, 0.5) is 17.1 Å². The summed E-state index contributed by atoms with van der Waals surface area (Å²) < 4.78 is 6.14. The molecule has 0 saturated carbocycles. The molecule has 0 aliphatic heterocycles. The van der Waals surface area contributed by atoms with Gasteiger partial charge in [-0.05, 0) is 98.1 Å². The second-order valence-corrected chi connectivity index (χ2v) is 7.82. The normalized spacial score (nSPS) is 10.7. The van der Waals surface area contributed by atoms with Crippen LogP contribution >= 0.6 is 0 Å². The molecule has 5 heteroatoms. The monoisotopic (exact) mass is 427 g/mol. The number of benzene rings is 4. The van der Waals surface area contributed by atoms with E-state index >= 15 is 0 Å². The first-order valence-electron chi connectivity index (χ1n) is 10.3. The van der Waals surface area contributed by atoms with Crippen molar-refractivity contribution in [2.24, 2.45) is 0 Å². The molecule has 32 heavy (non-hydrogen) atoms. The van der Waals surface area contributed by atoms with E-state index < -0.39 is 0 Å². The third-order valence-corrected chi connectivity index (χ3v) is 5.32. The number of aryl methyl sites for hydroxylation is 3. The summed E-state index contributed by atoms with van der Waals surface area (Å²) in [5.74, 6) is 1.39. The SMILES string of the molecule is Cc1ccc(Oc2ccccc2N(c2ccc(O)c(C)c2)c2ccc(O)c(C)c2)c(O)c1. The zero-order chi connectivity index (χ0) is 22.8. The van der Waals surface area contributed by atoms with E-state index in [1.165, 1.54) is 0 Å². The fourth-order valence-corrected chi connectivity index (χ4v) is 3.55. The summed E-state index contributed by atoms with van der Waals surface area (Å²) in [5, 5.41) is 30.4. The number of phenolic OH excluding ortho intramolecular Hbond substituents is 3. The van der Waals surface area contributed by atoms with Gasteiger partial charge in [0.2, 0.25) is 0 Å². The zero-order valence-electron chi connectivity index (χ0n) is 18.2. The van der Waals surface area contributed by atoms with Crippen LogP contribution in [0.2, 0.25) is 0 Å². The maximum absolute atomic E-state index is 10.4. The van der Waals surface area contributed by atoms with Gasteiger partial charge in [0.05, 0.1) is 5.69 Å². The van der Waals surface area contributed by atoms with E-state index in [1.807, 2.05) is 80.3 Å². The van der Waals surface area contributed by atoms with Gasteiger partial charge in [0.25, 0.3) is 0 Å². The number of para-hydroxylation sites is 2. The van der Waals surface area contributed by atoms with E-state index in [-0.39, 0.29) is 17.2 Å². The van der Waals surface area contributed by atoms with Crippen molar-refractivity contribution in [1.82, 2.24) is 0 Å². The predicted octanol–water partition coefficient (Wildman–Crippen LogP) is 6.99. The van der Waals surface area contributed by atoms with Gasteiger partial charge >= 0.3 is 0 Å². The molecule has 4 rings (SSSR count). The molecule has 0 amide bonds. The maximum atomic E-state index is 10.4. The predicted molar refractivity (Wildman–Crippen MR) is 127 cm³/mol. The molecule has 0 radical (unpaired) electrons. The van der Waals surface area contributed by atoms with Gasteiger partial charge in [0.15, 0.2) is 17.2 Å². The summed E-state index contributed by atoms with van der Waals surface area (Å²) in [4.78, 5) is 1.99. The zero-order valence-corrected chi connectivity index (χ0v) is 18.2. The van der Waals surface area contributed by atoms with Crippen LogP contribution in [0, 0.1) is 20.8 Å². The quantitative estimate of drug-likeness (QED) is 0.320. The Bertz CT molecular complexity index is 1230. The Balaban J connectivity index is 1.88. The molecule has 3 N–H and O–H groups in total. The van der Waals surface area contributed by atoms with Crippen molar-refractivity contribution in [3.63, 3.8) is 0 Å². The Kier molecular flexibility index (Phi) is 5.65. The van der Waals surface area contributed by atoms with Crippen molar-refractivity contribution in [3.8, 4) is 28.7 Å². The summed E-state index contributed by atoms with van der Waals surface area (Å²) >= 11 is 0. The molecule has 0 unspecified atom stereocenters. The Morgan fingerprint density at radius 3 is 1.75 bits per heavy atom. The van der Waals surface area contributed by atoms with Crippen LogP contribution in [0.15, 0.2) is 78.9 Å². The van der Waals surface area contributed by atoms with Crippen molar-refractivity contribution < 1.29 is 20.1 Å². The minimum absolute atomic E-state index is 0.0623. The van der Waals surface area contributed by atoms with Gasteiger partial charge in [-0.1, -0.05) is 18.2 Å². The van der Waals surface area contributed by atoms with Crippen molar-refractivity contribution in [2.45, 2.75) is 20.8 Å². The minimum Gasteiger partial charge on any atom is -0.508 e. The van der Waals surface area contributed by atoms with Crippen LogP contribution in [-0.4, -0.2) is 15.3 Å². The third-order valence-electron chi connectivity index (χ3n) is 5.32. The summed E-state index contributed by atoms with van der Waals surface area (Å²) in [6, 6.07) is 23.5. The molecule has 0 heterocycles. The van der Waals surface area contributed by atoms with Crippen molar-refractivity contribution in [1.29, 1.82) is 0 Å². The average Bonchev–Trinajstić information content (AvgIpc) is 2.76. The lowest BCUT2D eigenvalue weighted by Crippen LogP contribution is -2.11. The molecular weight excluding hydrogens is 402 g/mol. The van der Waals surface area contributed by atoms with Crippen molar-refractivity contribution in [3.05, 3.63) is 95.6 Å². The van der Waals surface area contributed by atoms with Crippen LogP contribution in [0.5, 0.6) is 28.7 Å². The second kappa shape index (κ2) is 8.55. The first-order valence-corrected chi connectivity index (χ1v) is 10.3. The number of hydrogen-bond donors (Lipinski definition) is 3. The highest BCUT2D eigenvalue weighted by Gasteiger charge is 2.19. The van der Waals surface area contributed by atoms with E-state index in [4.69, 9.17) is 4.74 Å². The Morgan fingerprint density at radius 2 is 1.19 bits per heavy atom. The fraction of sp³-hybridized carbons (Fsp3) is 0.111. The molecular formula is C27H25NO4. The Labute approximate surface area is 187 Å². The highest BCUT2D eigenvalue weighted by molar-refractivity contribution is 5.81. The lowest BCUT2D eigenvalue weighted by molar-refractivity contribution is 0.411. The topological polar surface area (TPSA) is 73.2 Å². The molecule has 0 saturated heterocycles. The summed E-state index contributed by atoms with van der Waals surface area (Å²) in [6.45, 7) is 5.58. The molecule has 0 fully saturated rings. The van der Waals surface area contributed by atoms with Crippen LogP contribution in [0.1, 0.15) is 16.7 Å². The van der Waals surface area contributed by atoms with E-state index in [0.717, 1.165) is 33.8 Å². The van der Waals surface area contributed by atoms with Gasteiger partial charge in [-0.2, -0.15) is 0 Å². The number of ether oxygens (including phenoxy) is 1. The molecule has 0 bridgehead atoms. The number of aromatic hydroxyl groups is 3. The first kappa shape index (κ1) is 21.1. The molecule has 162 valence electrons. The van der Waals surface area contributed by atoms with Crippen LogP contribution in [-0.2, 0) is 0 Å². The van der Waals surface area contributed by atoms with Crippen LogP contribution in [0.3, 0.4) is 0 Å². The highest BCUT2D eigenvalue weighted by Crippen LogP contribution is 2.44. The number of hydrogen-bond acceptors (Lipinski definition) is 5. The lowest BCUT2D eigenvalue weighted by atomic mass is 10.1. The van der Waals surface area contributed by atoms with Gasteiger partial charge in [0.1, 0.15) is 11.5 Å². The number of rotatable bonds is 5. The average molecular weight is 428 g/mol. The van der Waals surface area contributed by atoms with E-state index in [9.17, 15) is 15.3 Å². The number of anilines is 3. The molecule has 0 spiro atoms. The van der Waals surface area contributed by atoms with Crippen molar-refractivity contribution >= 4 is 17.1 Å². The molecule has 0 aliphatic carbocycles. The van der Waals surface area contributed by atoms with E-state index in [0.29, 0.717) is 11.5 Å². The molecule has 0 aromatic heterocycles. The van der Waals surface area contributed by atoms with E-state index in [2.05, 4.69) is 0 Å². The minimum atomic E-state index is 0.0623. The van der Waals surface area contributed by atoms with Crippen LogP contribution < -0.4 is 9.64 Å². The Morgan fingerprint density at radius 1 is 0.594 bits per heavy atom. The molecule has 0 aliphatic rings. The lowest BCUT2D eigenvalue weighted by Gasteiger charge is -2.28. The fourth-order valence-electron chi connectivity index (χ4n) is 3.55. The van der Waals surface area contributed by atoms with Crippen LogP contribution in [0.25, 0.3) is 0 Å². The molecule has 4 aromatic carbocycles. The third kappa shape index (κ3) is 4.18. The summed E-state index contributed by atoms with van der Waals surface area (Å²) in [6.07, 6.45) is 0. The number of phenols is 3. The maximum Gasteiger partial charge on any atom is 0.169 e. The second-order valence-electron chi connectivity index (χ2n) is 7.82. The summed E-state index contributed by atoms with van der Waals surface area (Å²) in [7, 11) is 0. The molecule has 0 atom stereocenters. The number of nitrogens with zero attached hydrogens (tertiary/aromatic N) is 1. The standard InChI is InChI=1S/C27H25NO4/c1-17-8-13-27(25(31)14-17)32-26-7-5-4-6-22(26)28(20-9-11-23(29)18(2)15-20)21-10-12-24(30)19(3)16-21/h4-16,29-31H,1-3H3.